The first-order valence-corrected chi connectivity index (χ1v) is 9.86. The molecule has 2 heterocycles. The maximum Gasteiger partial charge on any atom is 0.191 e. The van der Waals surface area contributed by atoms with Crippen LogP contribution >= 0.6 is 0 Å². The molecule has 0 aliphatic carbocycles. The first kappa shape index (κ1) is 20.1. The van der Waals surface area contributed by atoms with Crippen LogP contribution in [0.1, 0.15) is 24.5 Å². The second kappa shape index (κ2) is 10.1. The number of aryl methyl sites for hydroxylation is 1. The maximum atomic E-state index is 5.14. The molecule has 0 saturated carbocycles. The first-order valence-electron chi connectivity index (χ1n) is 9.86. The number of hydrogen-bond donors (Lipinski definition) is 2. The van der Waals surface area contributed by atoms with Gasteiger partial charge in [0.05, 0.1) is 0 Å². The minimum Gasteiger partial charge on any atom is -0.385 e. The Morgan fingerprint density at radius 2 is 2.11 bits per heavy atom. The molecule has 1 aromatic heterocycles. The van der Waals surface area contributed by atoms with Gasteiger partial charge in [0.15, 0.2) is 11.8 Å². The molecule has 2 N–H and O–H groups in total. The second-order valence-corrected chi connectivity index (χ2v) is 7.07. The van der Waals surface area contributed by atoms with Gasteiger partial charge in [-0.15, -0.1) is 10.2 Å². The summed E-state index contributed by atoms with van der Waals surface area (Å²) < 4.78 is 7.11. The number of anilines is 1. The van der Waals surface area contributed by atoms with E-state index in [0.717, 1.165) is 56.7 Å². The average molecular weight is 386 g/mol. The highest BCUT2D eigenvalue weighted by Crippen LogP contribution is 2.19. The highest BCUT2D eigenvalue weighted by Gasteiger charge is 2.23. The summed E-state index contributed by atoms with van der Waals surface area (Å²) >= 11 is 0. The van der Waals surface area contributed by atoms with Gasteiger partial charge in [0.2, 0.25) is 0 Å². The molecule has 8 heteroatoms. The predicted octanol–water partition coefficient (Wildman–Crippen LogP) is 1.47. The van der Waals surface area contributed by atoms with Gasteiger partial charge >= 0.3 is 0 Å². The first-order chi connectivity index (χ1) is 13.7. The van der Waals surface area contributed by atoms with E-state index in [1.807, 2.05) is 18.5 Å². The number of benzene rings is 1. The van der Waals surface area contributed by atoms with Crippen molar-refractivity contribution in [2.24, 2.45) is 12.0 Å². The molecule has 1 aromatic carbocycles. The molecular formula is C20H31N7O. The molecule has 2 aromatic rings. The number of rotatable bonds is 8. The number of guanidine groups is 1. The van der Waals surface area contributed by atoms with Gasteiger partial charge in [-0.1, -0.05) is 18.2 Å². The molecule has 152 valence electrons. The number of nitrogens with one attached hydrogen (secondary N) is 2. The van der Waals surface area contributed by atoms with E-state index in [0.29, 0.717) is 12.6 Å². The van der Waals surface area contributed by atoms with Gasteiger partial charge in [-0.25, -0.2) is 4.99 Å². The summed E-state index contributed by atoms with van der Waals surface area (Å²) in [6, 6.07) is 10.9. The van der Waals surface area contributed by atoms with E-state index >= 15 is 0 Å². The van der Waals surface area contributed by atoms with E-state index in [2.05, 4.69) is 56.1 Å². The van der Waals surface area contributed by atoms with Crippen LogP contribution in [-0.2, 0) is 18.3 Å². The lowest BCUT2D eigenvalue weighted by Crippen LogP contribution is -2.45. The van der Waals surface area contributed by atoms with Gasteiger partial charge < -0.3 is 24.8 Å². The lowest BCUT2D eigenvalue weighted by Gasteiger charge is -2.20. The molecule has 8 nitrogen and oxygen atoms in total. The van der Waals surface area contributed by atoms with Crippen LogP contribution in [0.2, 0.25) is 0 Å². The van der Waals surface area contributed by atoms with E-state index in [1.54, 1.807) is 7.11 Å². The molecule has 1 aliphatic rings. The van der Waals surface area contributed by atoms with Gasteiger partial charge in [-0.05, 0) is 31.9 Å². The average Bonchev–Trinajstić information content (AvgIpc) is 3.31. The highest BCUT2D eigenvalue weighted by atomic mass is 16.5. The molecule has 0 amide bonds. The molecule has 1 saturated heterocycles. The Bertz CT molecular complexity index is 759. The quantitative estimate of drug-likeness (QED) is 0.407. The lowest BCUT2D eigenvalue weighted by molar-refractivity contribution is 0.195. The number of ether oxygens (including phenoxy) is 1. The van der Waals surface area contributed by atoms with Crippen molar-refractivity contribution in [1.82, 2.24) is 25.4 Å². The third kappa shape index (κ3) is 5.45. The Balaban J connectivity index is 1.60. The Morgan fingerprint density at radius 1 is 1.29 bits per heavy atom. The summed E-state index contributed by atoms with van der Waals surface area (Å²) in [6.07, 6.45) is 2.01. The minimum atomic E-state index is 0.357. The van der Waals surface area contributed by atoms with E-state index in [9.17, 15) is 0 Å². The molecule has 3 rings (SSSR count). The van der Waals surface area contributed by atoms with Crippen LogP contribution in [0.25, 0.3) is 0 Å². The van der Waals surface area contributed by atoms with Crippen molar-refractivity contribution in [3.05, 3.63) is 42.0 Å². The smallest absolute Gasteiger partial charge is 0.191 e. The van der Waals surface area contributed by atoms with E-state index in [1.165, 1.54) is 5.69 Å². The molecule has 1 aliphatic heterocycles. The van der Waals surface area contributed by atoms with E-state index in [4.69, 9.17) is 9.73 Å². The molecule has 0 bridgehead atoms. The van der Waals surface area contributed by atoms with Crippen LogP contribution in [-0.4, -0.2) is 60.1 Å². The summed E-state index contributed by atoms with van der Waals surface area (Å²) in [5, 5.41) is 15.3. The highest BCUT2D eigenvalue weighted by molar-refractivity contribution is 5.80. The number of hydrogen-bond acceptors (Lipinski definition) is 5. The van der Waals surface area contributed by atoms with Crippen molar-refractivity contribution < 1.29 is 4.74 Å². The molecular weight excluding hydrogens is 354 g/mol. The number of aliphatic imine (C=N–C) groups is 1. The molecule has 28 heavy (non-hydrogen) atoms. The molecule has 1 fully saturated rings. The Kier molecular flexibility index (Phi) is 7.25. The zero-order chi connectivity index (χ0) is 19.8. The number of aromatic nitrogens is 3. The summed E-state index contributed by atoms with van der Waals surface area (Å²) in [5.41, 5.74) is 1.27. The minimum absolute atomic E-state index is 0.357. The fraction of sp³-hybridized carbons (Fsp3) is 0.550. The predicted molar refractivity (Wildman–Crippen MR) is 112 cm³/mol. The van der Waals surface area contributed by atoms with Crippen molar-refractivity contribution in [1.29, 1.82) is 0 Å². The molecule has 0 radical (unpaired) electrons. The van der Waals surface area contributed by atoms with Crippen LogP contribution in [0, 0.1) is 6.92 Å². The van der Waals surface area contributed by atoms with Crippen molar-refractivity contribution in [3.8, 4) is 0 Å². The van der Waals surface area contributed by atoms with Crippen LogP contribution in [0.4, 0.5) is 5.69 Å². The van der Waals surface area contributed by atoms with Crippen molar-refractivity contribution >= 4 is 11.6 Å². The summed E-state index contributed by atoms with van der Waals surface area (Å²) in [5.74, 6) is 2.56. The number of nitrogens with zero attached hydrogens (tertiary/aromatic N) is 5. The van der Waals surface area contributed by atoms with E-state index < -0.39 is 0 Å². The maximum absolute atomic E-state index is 5.14. The summed E-state index contributed by atoms with van der Waals surface area (Å²) in [6.45, 7) is 5.98. The van der Waals surface area contributed by atoms with Crippen LogP contribution in [0.5, 0.6) is 0 Å². The van der Waals surface area contributed by atoms with Gasteiger partial charge in [-0.2, -0.15) is 0 Å². The summed E-state index contributed by atoms with van der Waals surface area (Å²) in [7, 11) is 3.69. The fourth-order valence-electron chi connectivity index (χ4n) is 3.26. The van der Waals surface area contributed by atoms with Crippen molar-refractivity contribution in [3.63, 3.8) is 0 Å². The normalized spacial score (nSPS) is 17.2. The SMILES string of the molecule is COCCCNC(=NCc1nnc(C)n1C)NC1CCN(c2ccccc2)C1. The Hall–Kier alpha value is -2.61. The van der Waals surface area contributed by atoms with Crippen LogP contribution in [0.15, 0.2) is 35.3 Å². The number of para-hydroxylation sites is 1. The lowest BCUT2D eigenvalue weighted by atomic mass is 10.2. The van der Waals surface area contributed by atoms with Crippen molar-refractivity contribution in [2.75, 3.05) is 38.3 Å². The molecule has 1 unspecified atom stereocenters. The van der Waals surface area contributed by atoms with Gasteiger partial charge in [0, 0.05) is 52.1 Å². The van der Waals surface area contributed by atoms with Gasteiger partial charge in [0.25, 0.3) is 0 Å². The largest absolute Gasteiger partial charge is 0.385 e. The van der Waals surface area contributed by atoms with Crippen molar-refractivity contribution in [2.45, 2.75) is 32.4 Å². The van der Waals surface area contributed by atoms with Gasteiger partial charge in [-0.3, -0.25) is 0 Å². The van der Waals surface area contributed by atoms with Gasteiger partial charge in [0.1, 0.15) is 12.4 Å². The second-order valence-electron chi connectivity index (χ2n) is 7.07. The third-order valence-electron chi connectivity index (χ3n) is 5.03. The standard InChI is InChI=1S/C20H31N7O/c1-16-24-25-19(26(16)2)14-22-20(21-11-7-13-28-3)23-17-10-12-27(15-17)18-8-5-4-6-9-18/h4-6,8-9,17H,7,10-15H2,1-3H3,(H2,21,22,23). The summed E-state index contributed by atoms with van der Waals surface area (Å²) in [4.78, 5) is 7.15. The molecule has 1 atom stereocenters. The Morgan fingerprint density at radius 3 is 2.82 bits per heavy atom. The van der Waals surface area contributed by atoms with E-state index in [-0.39, 0.29) is 0 Å². The number of methoxy groups -OCH3 is 1. The Labute approximate surface area is 167 Å². The zero-order valence-corrected chi connectivity index (χ0v) is 17.1. The molecule has 0 spiro atoms. The van der Waals surface area contributed by atoms with Crippen LogP contribution < -0.4 is 15.5 Å². The zero-order valence-electron chi connectivity index (χ0n) is 17.1. The topological polar surface area (TPSA) is 79.6 Å². The third-order valence-corrected chi connectivity index (χ3v) is 5.03. The monoisotopic (exact) mass is 385 g/mol. The fourth-order valence-corrected chi connectivity index (χ4v) is 3.26. The van der Waals surface area contributed by atoms with Crippen LogP contribution in [0.3, 0.4) is 0 Å².